The van der Waals surface area contributed by atoms with E-state index in [2.05, 4.69) is 9.82 Å². The van der Waals surface area contributed by atoms with Gasteiger partial charge in [0.15, 0.2) is 5.82 Å². The maximum atomic E-state index is 11.7. The first kappa shape index (κ1) is 13.9. The molecule has 7 nitrogen and oxygen atoms in total. The average Bonchev–Trinajstić information content (AvgIpc) is 2.58. The molecule has 0 amide bonds. The van der Waals surface area contributed by atoms with Crippen LogP contribution in [0.15, 0.2) is 6.20 Å². The summed E-state index contributed by atoms with van der Waals surface area (Å²) in [4.78, 5) is 0. The van der Waals surface area contributed by atoms with E-state index in [1.54, 1.807) is 13.2 Å². The first-order valence-corrected chi connectivity index (χ1v) is 6.94. The molecule has 3 N–H and O–H groups in total. The van der Waals surface area contributed by atoms with Gasteiger partial charge in [-0.15, -0.1) is 0 Å². The fourth-order valence-electron chi connectivity index (χ4n) is 1.28. The summed E-state index contributed by atoms with van der Waals surface area (Å²) in [5.74, 6) is 0.188. The third-order valence-corrected chi connectivity index (χ3v) is 3.29. The standard InChI is InChI=1S/C9H18N4O3S/c1-3-16-4-5-17(14,15)12-9-8(6-10)7-13(2)11-9/h7H,3-6,10H2,1-2H3,(H,11,12). The number of aryl methyl sites for hydroxylation is 1. The highest BCUT2D eigenvalue weighted by Crippen LogP contribution is 2.13. The van der Waals surface area contributed by atoms with E-state index in [1.807, 2.05) is 6.92 Å². The molecule has 0 atom stereocenters. The van der Waals surface area contributed by atoms with E-state index in [-0.39, 0.29) is 24.7 Å². The number of hydrogen-bond donors (Lipinski definition) is 2. The molecule has 98 valence electrons. The Kier molecular flexibility index (Phi) is 4.91. The van der Waals surface area contributed by atoms with E-state index in [1.165, 1.54) is 4.68 Å². The van der Waals surface area contributed by atoms with E-state index in [0.717, 1.165) is 0 Å². The summed E-state index contributed by atoms with van der Waals surface area (Å²) in [5, 5.41) is 4.00. The van der Waals surface area contributed by atoms with Crippen molar-refractivity contribution in [2.75, 3.05) is 23.7 Å². The summed E-state index contributed by atoms with van der Waals surface area (Å²) in [6, 6.07) is 0. The van der Waals surface area contributed by atoms with E-state index >= 15 is 0 Å². The number of nitrogens with one attached hydrogen (secondary N) is 1. The van der Waals surface area contributed by atoms with E-state index in [0.29, 0.717) is 12.2 Å². The van der Waals surface area contributed by atoms with Crippen molar-refractivity contribution in [3.8, 4) is 0 Å². The average molecular weight is 262 g/mol. The van der Waals surface area contributed by atoms with Crippen LogP contribution in [-0.2, 0) is 28.4 Å². The van der Waals surface area contributed by atoms with Crippen molar-refractivity contribution in [1.82, 2.24) is 9.78 Å². The zero-order chi connectivity index (χ0) is 12.9. The Hall–Kier alpha value is -1.12. The van der Waals surface area contributed by atoms with Crippen molar-refractivity contribution in [2.24, 2.45) is 12.8 Å². The van der Waals surface area contributed by atoms with Gasteiger partial charge in [-0.3, -0.25) is 9.40 Å². The molecule has 1 rings (SSSR count). The highest BCUT2D eigenvalue weighted by Gasteiger charge is 2.15. The lowest BCUT2D eigenvalue weighted by Gasteiger charge is -2.06. The number of nitrogens with zero attached hydrogens (tertiary/aromatic N) is 2. The Morgan fingerprint density at radius 1 is 1.59 bits per heavy atom. The van der Waals surface area contributed by atoms with Crippen molar-refractivity contribution >= 4 is 15.8 Å². The van der Waals surface area contributed by atoms with Gasteiger partial charge in [-0.05, 0) is 6.92 Å². The Balaban J connectivity index is 2.69. The number of hydrogen-bond acceptors (Lipinski definition) is 5. The predicted molar refractivity (Wildman–Crippen MR) is 65.0 cm³/mol. The molecule has 8 heteroatoms. The predicted octanol–water partition coefficient (Wildman–Crippen LogP) is -0.343. The van der Waals surface area contributed by atoms with Crippen molar-refractivity contribution < 1.29 is 13.2 Å². The van der Waals surface area contributed by atoms with Crippen LogP contribution in [0.25, 0.3) is 0 Å². The van der Waals surface area contributed by atoms with Gasteiger partial charge in [0, 0.05) is 32.0 Å². The van der Waals surface area contributed by atoms with Crippen LogP contribution in [0, 0.1) is 0 Å². The molecule has 1 heterocycles. The molecule has 1 aromatic heterocycles. The summed E-state index contributed by atoms with van der Waals surface area (Å²) in [5.41, 5.74) is 6.15. The lowest BCUT2D eigenvalue weighted by molar-refractivity contribution is 0.163. The highest BCUT2D eigenvalue weighted by molar-refractivity contribution is 7.92. The molecule has 0 aliphatic heterocycles. The van der Waals surface area contributed by atoms with Crippen molar-refractivity contribution in [3.05, 3.63) is 11.8 Å². The van der Waals surface area contributed by atoms with Crippen LogP contribution in [0.2, 0.25) is 0 Å². The Labute approximate surface area is 101 Å². The van der Waals surface area contributed by atoms with Crippen molar-refractivity contribution in [3.63, 3.8) is 0 Å². The van der Waals surface area contributed by atoms with Gasteiger partial charge in [-0.2, -0.15) is 5.10 Å². The Morgan fingerprint density at radius 2 is 2.29 bits per heavy atom. The molecule has 0 aromatic carbocycles. The molecule has 0 bridgehead atoms. The maximum Gasteiger partial charge on any atom is 0.236 e. The third kappa shape index (κ3) is 4.33. The topological polar surface area (TPSA) is 99.2 Å². The number of anilines is 1. The fraction of sp³-hybridized carbons (Fsp3) is 0.667. The third-order valence-electron chi connectivity index (χ3n) is 2.08. The molecule has 1 aromatic rings. The minimum atomic E-state index is -3.43. The van der Waals surface area contributed by atoms with E-state index in [9.17, 15) is 8.42 Å². The van der Waals surface area contributed by atoms with E-state index in [4.69, 9.17) is 10.5 Å². The van der Waals surface area contributed by atoms with Gasteiger partial charge in [0.1, 0.15) is 0 Å². The fourth-order valence-corrected chi connectivity index (χ4v) is 2.19. The van der Waals surface area contributed by atoms with Crippen molar-refractivity contribution in [1.29, 1.82) is 0 Å². The van der Waals surface area contributed by atoms with Crippen LogP contribution in [-0.4, -0.2) is 37.2 Å². The molecule has 0 unspecified atom stereocenters. The van der Waals surface area contributed by atoms with Gasteiger partial charge in [0.25, 0.3) is 0 Å². The normalized spacial score (nSPS) is 11.7. The van der Waals surface area contributed by atoms with Gasteiger partial charge in [-0.25, -0.2) is 8.42 Å². The molecular weight excluding hydrogens is 244 g/mol. The highest BCUT2D eigenvalue weighted by atomic mass is 32.2. The summed E-state index contributed by atoms with van der Waals surface area (Å²) in [6.07, 6.45) is 1.68. The van der Waals surface area contributed by atoms with Gasteiger partial charge < -0.3 is 10.5 Å². The van der Waals surface area contributed by atoms with Gasteiger partial charge in [0.2, 0.25) is 10.0 Å². The number of aromatic nitrogens is 2. The Morgan fingerprint density at radius 3 is 2.88 bits per heavy atom. The summed E-state index contributed by atoms with van der Waals surface area (Å²) < 4.78 is 32.3. The number of ether oxygens (including phenoxy) is 1. The second kappa shape index (κ2) is 5.99. The van der Waals surface area contributed by atoms with Crippen LogP contribution in [0.4, 0.5) is 5.82 Å². The van der Waals surface area contributed by atoms with Crippen LogP contribution in [0.1, 0.15) is 12.5 Å². The molecule has 0 aliphatic rings. The molecule has 0 fully saturated rings. The smallest absolute Gasteiger partial charge is 0.236 e. The second-order valence-corrected chi connectivity index (χ2v) is 5.34. The molecule has 0 spiro atoms. The van der Waals surface area contributed by atoms with Gasteiger partial charge >= 0.3 is 0 Å². The van der Waals surface area contributed by atoms with Crippen LogP contribution in [0.5, 0.6) is 0 Å². The molecule has 0 saturated heterocycles. The molecule has 17 heavy (non-hydrogen) atoms. The quantitative estimate of drug-likeness (QED) is 0.655. The summed E-state index contributed by atoms with van der Waals surface area (Å²) >= 11 is 0. The molecule has 0 radical (unpaired) electrons. The molecule has 0 aliphatic carbocycles. The van der Waals surface area contributed by atoms with Crippen LogP contribution >= 0.6 is 0 Å². The lowest BCUT2D eigenvalue weighted by atomic mass is 10.3. The van der Waals surface area contributed by atoms with Gasteiger partial charge in [-0.1, -0.05) is 0 Å². The number of sulfonamides is 1. The zero-order valence-electron chi connectivity index (χ0n) is 10.0. The lowest BCUT2D eigenvalue weighted by Crippen LogP contribution is -2.21. The SMILES string of the molecule is CCOCCS(=O)(=O)Nc1nn(C)cc1CN. The summed E-state index contributed by atoms with van der Waals surface area (Å²) in [6.45, 7) is 2.70. The second-order valence-electron chi connectivity index (χ2n) is 3.50. The van der Waals surface area contributed by atoms with Crippen LogP contribution in [0.3, 0.4) is 0 Å². The van der Waals surface area contributed by atoms with Crippen LogP contribution < -0.4 is 10.5 Å². The molecular formula is C9H18N4O3S. The summed E-state index contributed by atoms with van der Waals surface area (Å²) in [7, 11) is -1.73. The minimum Gasteiger partial charge on any atom is -0.381 e. The largest absolute Gasteiger partial charge is 0.381 e. The van der Waals surface area contributed by atoms with Gasteiger partial charge in [0.05, 0.1) is 12.4 Å². The maximum absolute atomic E-state index is 11.7. The Bertz CT molecular complexity index is 455. The number of rotatable bonds is 7. The monoisotopic (exact) mass is 262 g/mol. The van der Waals surface area contributed by atoms with E-state index < -0.39 is 10.0 Å². The first-order valence-electron chi connectivity index (χ1n) is 5.29. The number of nitrogens with two attached hydrogens (primary N) is 1. The first-order chi connectivity index (χ1) is 7.98. The van der Waals surface area contributed by atoms with Crippen molar-refractivity contribution in [2.45, 2.75) is 13.5 Å². The zero-order valence-corrected chi connectivity index (χ0v) is 10.8. The molecule has 0 saturated carbocycles. The minimum absolute atomic E-state index is 0.0958.